The fourth-order valence-corrected chi connectivity index (χ4v) is 1.76. The van der Waals surface area contributed by atoms with E-state index in [1.54, 1.807) is 12.1 Å². The van der Waals surface area contributed by atoms with Gasteiger partial charge in [-0.3, -0.25) is 4.68 Å². The van der Waals surface area contributed by atoms with Crippen LogP contribution in [0.5, 0.6) is 0 Å². The molecule has 1 heterocycles. The largest absolute Gasteiger partial charge is 0.397 e. The highest BCUT2D eigenvalue weighted by atomic mass is 35.5. The Labute approximate surface area is 105 Å². The molecule has 3 N–H and O–H groups in total. The molecule has 0 radical (unpaired) electrons. The van der Waals surface area contributed by atoms with Crippen molar-refractivity contribution in [3.05, 3.63) is 40.7 Å². The van der Waals surface area contributed by atoms with Crippen molar-refractivity contribution < 1.29 is 0 Å². The van der Waals surface area contributed by atoms with Gasteiger partial charge in [0.05, 0.1) is 17.6 Å². The minimum Gasteiger partial charge on any atom is -0.397 e. The van der Waals surface area contributed by atoms with E-state index >= 15 is 0 Å². The van der Waals surface area contributed by atoms with Gasteiger partial charge in [-0.2, -0.15) is 5.10 Å². The van der Waals surface area contributed by atoms with Crippen LogP contribution >= 0.6 is 11.6 Å². The lowest BCUT2D eigenvalue weighted by molar-refractivity contribution is 0.738. The predicted molar refractivity (Wildman–Crippen MR) is 71.1 cm³/mol. The molecule has 0 atom stereocenters. The molecule has 0 spiro atoms. The average Bonchev–Trinajstić information content (AvgIpc) is 2.62. The highest BCUT2D eigenvalue weighted by molar-refractivity contribution is 6.31. The van der Waals surface area contributed by atoms with Crippen molar-refractivity contribution in [1.82, 2.24) is 9.78 Å². The van der Waals surface area contributed by atoms with E-state index in [0.717, 1.165) is 16.9 Å². The number of nitrogens with zero attached hydrogens (tertiary/aromatic N) is 2. The first-order chi connectivity index (χ1) is 8.08. The first-order valence-electron chi connectivity index (χ1n) is 5.34. The lowest BCUT2D eigenvalue weighted by Crippen LogP contribution is -2.03. The number of hydrogen-bond acceptors (Lipinski definition) is 3. The molecule has 5 heteroatoms. The van der Waals surface area contributed by atoms with E-state index in [0.29, 0.717) is 17.3 Å². The van der Waals surface area contributed by atoms with Crippen molar-refractivity contribution in [3.63, 3.8) is 0 Å². The molecule has 0 aliphatic rings. The van der Waals surface area contributed by atoms with Crippen LogP contribution in [-0.4, -0.2) is 9.78 Å². The zero-order valence-electron chi connectivity index (χ0n) is 9.87. The summed E-state index contributed by atoms with van der Waals surface area (Å²) in [6.45, 7) is 2.72. The molecule has 2 aromatic rings. The summed E-state index contributed by atoms with van der Waals surface area (Å²) in [4.78, 5) is 0. The number of benzene rings is 1. The molecule has 90 valence electrons. The van der Waals surface area contributed by atoms with Crippen LogP contribution in [0.1, 0.15) is 11.3 Å². The average molecular weight is 251 g/mol. The van der Waals surface area contributed by atoms with Crippen LogP contribution in [-0.2, 0) is 13.6 Å². The van der Waals surface area contributed by atoms with Crippen molar-refractivity contribution in [2.75, 3.05) is 11.1 Å². The van der Waals surface area contributed by atoms with Crippen LogP contribution in [0.25, 0.3) is 0 Å². The van der Waals surface area contributed by atoms with Crippen molar-refractivity contribution in [2.45, 2.75) is 13.5 Å². The van der Waals surface area contributed by atoms with E-state index in [1.165, 1.54) is 0 Å². The van der Waals surface area contributed by atoms with E-state index in [-0.39, 0.29) is 0 Å². The third-order valence-corrected chi connectivity index (χ3v) is 3.06. The maximum absolute atomic E-state index is 5.92. The molecule has 0 aliphatic carbocycles. The van der Waals surface area contributed by atoms with Crippen molar-refractivity contribution in [3.8, 4) is 0 Å². The van der Waals surface area contributed by atoms with Gasteiger partial charge in [-0.25, -0.2) is 0 Å². The van der Waals surface area contributed by atoms with Crippen LogP contribution in [0.15, 0.2) is 24.4 Å². The quantitative estimate of drug-likeness (QED) is 0.824. The summed E-state index contributed by atoms with van der Waals surface area (Å²) in [5, 5.41) is 8.12. The Balaban J connectivity index is 2.12. The smallest absolute Gasteiger partial charge is 0.0591 e. The molecule has 0 bridgehead atoms. The zero-order chi connectivity index (χ0) is 12.4. The van der Waals surface area contributed by atoms with Crippen molar-refractivity contribution in [2.24, 2.45) is 7.05 Å². The number of nitrogen functional groups attached to an aromatic ring is 1. The number of hydrogen-bond donors (Lipinski definition) is 2. The van der Waals surface area contributed by atoms with Gasteiger partial charge in [0.25, 0.3) is 0 Å². The summed E-state index contributed by atoms with van der Waals surface area (Å²) in [5.74, 6) is 0. The zero-order valence-corrected chi connectivity index (χ0v) is 10.6. The molecule has 0 saturated carbocycles. The number of aryl methyl sites for hydroxylation is 1. The molecule has 0 aliphatic heterocycles. The highest BCUT2D eigenvalue weighted by Gasteiger charge is 2.05. The molecule has 2 rings (SSSR count). The molecule has 0 fully saturated rings. The molecule has 17 heavy (non-hydrogen) atoms. The van der Waals surface area contributed by atoms with E-state index < -0.39 is 0 Å². The van der Waals surface area contributed by atoms with E-state index in [2.05, 4.69) is 10.4 Å². The number of nitrogens with one attached hydrogen (secondary N) is 1. The van der Waals surface area contributed by atoms with Gasteiger partial charge in [0, 0.05) is 29.9 Å². The number of halogens is 1. The first-order valence-corrected chi connectivity index (χ1v) is 5.72. The van der Waals surface area contributed by atoms with Crippen LogP contribution in [0.3, 0.4) is 0 Å². The van der Waals surface area contributed by atoms with Gasteiger partial charge >= 0.3 is 0 Å². The fourth-order valence-electron chi connectivity index (χ4n) is 1.59. The second-order valence-corrected chi connectivity index (χ2v) is 4.40. The van der Waals surface area contributed by atoms with Gasteiger partial charge in [-0.15, -0.1) is 0 Å². The summed E-state index contributed by atoms with van der Waals surface area (Å²) in [6, 6.07) is 5.39. The Hall–Kier alpha value is -1.68. The van der Waals surface area contributed by atoms with Gasteiger partial charge < -0.3 is 11.1 Å². The second-order valence-electron chi connectivity index (χ2n) is 3.96. The Kier molecular flexibility index (Phi) is 3.24. The lowest BCUT2D eigenvalue weighted by atomic mass is 10.2. The van der Waals surface area contributed by atoms with Crippen LogP contribution < -0.4 is 11.1 Å². The van der Waals surface area contributed by atoms with Gasteiger partial charge in [0.1, 0.15) is 0 Å². The molecular weight excluding hydrogens is 236 g/mol. The van der Waals surface area contributed by atoms with Crippen LogP contribution in [0.4, 0.5) is 11.4 Å². The lowest BCUT2D eigenvalue weighted by Gasteiger charge is -2.09. The minimum atomic E-state index is 0.671. The summed E-state index contributed by atoms with van der Waals surface area (Å²) >= 11 is 5.92. The molecule has 4 nitrogen and oxygen atoms in total. The third kappa shape index (κ3) is 2.53. The molecule has 1 aromatic heterocycles. The van der Waals surface area contributed by atoms with Gasteiger partial charge in [0.15, 0.2) is 0 Å². The fraction of sp³-hybridized carbons (Fsp3) is 0.250. The summed E-state index contributed by atoms with van der Waals surface area (Å²) in [6.07, 6.45) is 1.85. The molecule has 0 saturated heterocycles. The monoisotopic (exact) mass is 250 g/mol. The van der Waals surface area contributed by atoms with Crippen LogP contribution in [0.2, 0.25) is 5.02 Å². The van der Waals surface area contributed by atoms with Crippen molar-refractivity contribution in [1.29, 1.82) is 0 Å². The predicted octanol–water partition coefficient (Wildman–Crippen LogP) is 2.58. The molecule has 0 amide bonds. The van der Waals surface area contributed by atoms with Crippen molar-refractivity contribution >= 4 is 23.0 Å². The van der Waals surface area contributed by atoms with Gasteiger partial charge in [-0.05, 0) is 25.1 Å². The Bertz CT molecular complexity index is 533. The molecular formula is C12H15ClN4. The normalized spacial score (nSPS) is 10.5. The minimum absolute atomic E-state index is 0.671. The Morgan fingerprint density at radius 3 is 2.88 bits per heavy atom. The molecule has 1 aromatic carbocycles. The Morgan fingerprint density at radius 1 is 1.47 bits per heavy atom. The number of rotatable bonds is 3. The van der Waals surface area contributed by atoms with Crippen LogP contribution in [0, 0.1) is 6.92 Å². The number of anilines is 2. The maximum Gasteiger partial charge on any atom is 0.0591 e. The third-order valence-electron chi connectivity index (χ3n) is 2.82. The maximum atomic E-state index is 5.92. The Morgan fingerprint density at radius 2 is 2.24 bits per heavy atom. The highest BCUT2D eigenvalue weighted by Crippen LogP contribution is 2.23. The number of aromatic nitrogens is 2. The first kappa shape index (κ1) is 11.8. The van der Waals surface area contributed by atoms with E-state index in [4.69, 9.17) is 17.3 Å². The topological polar surface area (TPSA) is 55.9 Å². The number of nitrogens with two attached hydrogens (primary N) is 1. The standard InChI is InChI=1S/C12H15ClN4/c1-8-9(7-16-17(8)2)6-15-12-5-10(13)3-4-11(12)14/h3-5,7,15H,6,14H2,1-2H3. The summed E-state index contributed by atoms with van der Waals surface area (Å²) in [5.41, 5.74) is 9.68. The van der Waals surface area contributed by atoms with Gasteiger partial charge in [0.2, 0.25) is 0 Å². The summed E-state index contributed by atoms with van der Waals surface area (Å²) in [7, 11) is 1.92. The van der Waals surface area contributed by atoms with E-state index in [9.17, 15) is 0 Å². The van der Waals surface area contributed by atoms with E-state index in [1.807, 2.05) is 30.9 Å². The second kappa shape index (κ2) is 4.67. The summed E-state index contributed by atoms with van der Waals surface area (Å²) < 4.78 is 1.85. The molecule has 0 unspecified atom stereocenters. The SMILES string of the molecule is Cc1c(CNc2cc(Cl)ccc2N)cnn1C. The van der Waals surface area contributed by atoms with Gasteiger partial charge in [-0.1, -0.05) is 11.6 Å².